The largest absolute Gasteiger partial charge is 0.478 e. The van der Waals surface area contributed by atoms with Crippen LogP contribution in [-0.4, -0.2) is 11.1 Å². The average Bonchev–Trinajstić information content (AvgIpc) is 2.29. The van der Waals surface area contributed by atoms with Crippen LogP contribution in [-0.2, 0) is 0 Å². The molecule has 0 spiro atoms. The number of hydrogen-bond donors (Lipinski definition) is 2. The summed E-state index contributed by atoms with van der Waals surface area (Å²) in [6, 6.07) is 13.4. The van der Waals surface area contributed by atoms with E-state index in [2.05, 4.69) is 0 Å². The van der Waals surface area contributed by atoms with Crippen LogP contribution in [0.15, 0.2) is 48.5 Å². The Morgan fingerprint density at radius 3 is 1.89 bits per heavy atom. The summed E-state index contributed by atoms with van der Waals surface area (Å²) < 4.78 is 0. The summed E-state index contributed by atoms with van der Waals surface area (Å²) in [5.41, 5.74) is 5.80. The number of aromatic carboxylic acids is 1. The van der Waals surface area contributed by atoms with Crippen LogP contribution in [0.4, 0.5) is 5.69 Å². The van der Waals surface area contributed by atoms with Gasteiger partial charge in [0.15, 0.2) is 0 Å². The summed E-state index contributed by atoms with van der Waals surface area (Å²) in [7, 11) is 0. The van der Waals surface area contributed by atoms with Crippen LogP contribution in [0.25, 0.3) is 0 Å². The van der Waals surface area contributed by atoms with Crippen molar-refractivity contribution in [1.29, 1.82) is 0 Å². The van der Waals surface area contributed by atoms with Crippen molar-refractivity contribution in [2.75, 3.05) is 5.73 Å². The minimum absolute atomic E-state index is 0.155. The van der Waals surface area contributed by atoms with Gasteiger partial charge in [0, 0.05) is 15.7 Å². The van der Waals surface area contributed by atoms with E-state index in [1.807, 2.05) is 6.07 Å². The van der Waals surface area contributed by atoms with Crippen LogP contribution in [0, 0.1) is 0 Å². The van der Waals surface area contributed by atoms with Crippen molar-refractivity contribution in [2.45, 2.75) is 0 Å². The van der Waals surface area contributed by atoms with Crippen molar-refractivity contribution in [3.8, 4) is 0 Å². The van der Waals surface area contributed by atoms with Gasteiger partial charge in [0.25, 0.3) is 0 Å². The zero-order chi connectivity index (χ0) is 13.5. The summed E-state index contributed by atoms with van der Waals surface area (Å²) in [4.78, 5) is 10.3. The quantitative estimate of drug-likeness (QED) is 0.779. The van der Waals surface area contributed by atoms with E-state index in [4.69, 9.17) is 34.0 Å². The SMILES string of the molecule is Clc1cccc(Cl)c1.Nc1ccccc1C(=O)O. The van der Waals surface area contributed by atoms with Crippen molar-refractivity contribution in [1.82, 2.24) is 0 Å². The Kier molecular flexibility index (Phi) is 5.49. The van der Waals surface area contributed by atoms with Gasteiger partial charge in [0.1, 0.15) is 0 Å². The van der Waals surface area contributed by atoms with E-state index in [0.29, 0.717) is 15.7 Å². The molecule has 0 heterocycles. The van der Waals surface area contributed by atoms with Crippen molar-refractivity contribution < 1.29 is 9.90 Å². The lowest BCUT2D eigenvalue weighted by atomic mass is 10.2. The molecule has 3 nitrogen and oxygen atoms in total. The molecule has 0 saturated carbocycles. The fraction of sp³-hybridized carbons (Fsp3) is 0. The first-order valence-corrected chi connectivity index (χ1v) is 5.75. The molecule has 0 aliphatic rings. The number of carboxylic acid groups (broad SMARTS) is 1. The molecule has 0 atom stereocenters. The normalized spacial score (nSPS) is 9.22. The van der Waals surface area contributed by atoms with Crippen LogP contribution in [0.5, 0.6) is 0 Å². The van der Waals surface area contributed by atoms with Crippen LogP contribution in [0.3, 0.4) is 0 Å². The molecule has 0 aliphatic heterocycles. The molecule has 0 aromatic heterocycles. The number of nitrogen functional groups attached to an aromatic ring is 1. The standard InChI is InChI=1S/C7H7NO2.C6H4Cl2/c8-6-4-2-1-3-5(6)7(9)10;7-5-2-1-3-6(8)4-5/h1-4H,8H2,(H,9,10);1-4H. The number of rotatable bonds is 1. The van der Waals surface area contributed by atoms with Gasteiger partial charge < -0.3 is 10.8 Å². The maximum atomic E-state index is 10.3. The first-order valence-electron chi connectivity index (χ1n) is 4.99. The number of nitrogens with two attached hydrogens (primary N) is 1. The number of benzene rings is 2. The number of para-hydroxylation sites is 1. The smallest absolute Gasteiger partial charge is 0.337 e. The molecule has 0 unspecified atom stereocenters. The van der Waals surface area contributed by atoms with E-state index >= 15 is 0 Å². The maximum absolute atomic E-state index is 10.3. The molecule has 0 radical (unpaired) electrons. The zero-order valence-electron chi connectivity index (χ0n) is 9.31. The minimum Gasteiger partial charge on any atom is -0.478 e. The van der Waals surface area contributed by atoms with E-state index in [1.165, 1.54) is 6.07 Å². The number of carboxylic acids is 1. The summed E-state index contributed by atoms with van der Waals surface area (Å²) in [6.45, 7) is 0. The lowest BCUT2D eigenvalue weighted by Gasteiger charge is -1.96. The highest BCUT2D eigenvalue weighted by Crippen LogP contribution is 2.14. The highest BCUT2D eigenvalue weighted by Gasteiger charge is 2.03. The molecular weight excluding hydrogens is 273 g/mol. The number of carbonyl (C=O) groups is 1. The Balaban J connectivity index is 0.000000184. The fourth-order valence-corrected chi connectivity index (χ4v) is 1.59. The Morgan fingerprint density at radius 2 is 1.56 bits per heavy atom. The summed E-state index contributed by atoms with van der Waals surface area (Å²) in [5, 5.41) is 9.84. The lowest BCUT2D eigenvalue weighted by Crippen LogP contribution is -2.00. The van der Waals surface area contributed by atoms with Crippen molar-refractivity contribution in [2.24, 2.45) is 0 Å². The Labute approximate surface area is 115 Å². The number of hydrogen-bond acceptors (Lipinski definition) is 2. The Hall–Kier alpha value is -1.71. The van der Waals surface area contributed by atoms with Crippen molar-refractivity contribution in [3.63, 3.8) is 0 Å². The van der Waals surface area contributed by atoms with Crippen LogP contribution in [0.1, 0.15) is 10.4 Å². The van der Waals surface area contributed by atoms with Gasteiger partial charge in [0.2, 0.25) is 0 Å². The molecule has 0 amide bonds. The van der Waals surface area contributed by atoms with E-state index in [1.54, 1.807) is 36.4 Å². The second-order valence-electron chi connectivity index (χ2n) is 3.33. The zero-order valence-corrected chi connectivity index (χ0v) is 10.8. The summed E-state index contributed by atoms with van der Waals surface area (Å²) in [5.74, 6) is -0.988. The molecule has 0 aliphatic carbocycles. The molecule has 3 N–H and O–H groups in total. The highest BCUT2D eigenvalue weighted by atomic mass is 35.5. The molecule has 0 saturated heterocycles. The number of anilines is 1. The molecule has 2 rings (SSSR count). The Bertz CT molecular complexity index is 527. The van der Waals surface area contributed by atoms with Gasteiger partial charge in [-0.3, -0.25) is 0 Å². The van der Waals surface area contributed by atoms with Crippen molar-refractivity contribution >= 4 is 34.9 Å². The third-order valence-electron chi connectivity index (χ3n) is 1.98. The van der Waals surface area contributed by atoms with Gasteiger partial charge in [-0.05, 0) is 30.3 Å². The van der Waals surface area contributed by atoms with Crippen molar-refractivity contribution in [3.05, 3.63) is 64.1 Å². The third kappa shape index (κ3) is 4.65. The molecule has 0 bridgehead atoms. The Morgan fingerprint density at radius 1 is 1.00 bits per heavy atom. The second kappa shape index (κ2) is 6.89. The van der Waals surface area contributed by atoms with Gasteiger partial charge in [-0.15, -0.1) is 0 Å². The molecule has 5 heteroatoms. The molecule has 2 aromatic carbocycles. The van der Waals surface area contributed by atoms with E-state index in [9.17, 15) is 4.79 Å². The van der Waals surface area contributed by atoms with E-state index in [-0.39, 0.29) is 5.56 Å². The topological polar surface area (TPSA) is 63.3 Å². The average molecular weight is 284 g/mol. The molecule has 18 heavy (non-hydrogen) atoms. The summed E-state index contributed by atoms with van der Waals surface area (Å²) in [6.07, 6.45) is 0. The maximum Gasteiger partial charge on any atom is 0.337 e. The molecule has 2 aromatic rings. The van der Waals surface area contributed by atoms with Gasteiger partial charge in [0.05, 0.1) is 5.56 Å². The number of halogens is 2. The highest BCUT2D eigenvalue weighted by molar-refractivity contribution is 6.34. The van der Waals surface area contributed by atoms with Gasteiger partial charge in [-0.25, -0.2) is 4.79 Å². The fourth-order valence-electron chi connectivity index (χ4n) is 1.15. The lowest BCUT2D eigenvalue weighted by molar-refractivity contribution is 0.0698. The predicted octanol–water partition coefficient (Wildman–Crippen LogP) is 3.96. The first kappa shape index (κ1) is 14.4. The third-order valence-corrected chi connectivity index (χ3v) is 2.45. The van der Waals surface area contributed by atoms with E-state index < -0.39 is 5.97 Å². The predicted molar refractivity (Wildman–Crippen MR) is 74.3 cm³/mol. The van der Waals surface area contributed by atoms with Crippen LogP contribution < -0.4 is 5.73 Å². The monoisotopic (exact) mass is 283 g/mol. The minimum atomic E-state index is -0.988. The first-order chi connectivity index (χ1) is 8.50. The summed E-state index contributed by atoms with van der Waals surface area (Å²) >= 11 is 11.1. The van der Waals surface area contributed by atoms with Crippen LogP contribution in [0.2, 0.25) is 10.0 Å². The van der Waals surface area contributed by atoms with Gasteiger partial charge >= 0.3 is 5.97 Å². The van der Waals surface area contributed by atoms with Gasteiger partial charge in [-0.2, -0.15) is 0 Å². The molecular formula is C13H11Cl2NO2. The van der Waals surface area contributed by atoms with E-state index in [0.717, 1.165) is 0 Å². The molecule has 0 fully saturated rings. The molecule has 94 valence electrons. The second-order valence-corrected chi connectivity index (χ2v) is 4.21. The van der Waals surface area contributed by atoms with Gasteiger partial charge in [-0.1, -0.05) is 41.4 Å². The van der Waals surface area contributed by atoms with Crippen LogP contribution >= 0.6 is 23.2 Å².